The highest BCUT2D eigenvalue weighted by atomic mass is 16.6. The van der Waals surface area contributed by atoms with Crippen LogP contribution in [0, 0.1) is 10.1 Å². The van der Waals surface area contributed by atoms with Crippen LogP contribution in [0.2, 0.25) is 0 Å². The van der Waals surface area contributed by atoms with Crippen molar-refractivity contribution in [3.63, 3.8) is 0 Å². The third-order valence-corrected chi connectivity index (χ3v) is 6.40. The van der Waals surface area contributed by atoms with Crippen molar-refractivity contribution in [2.24, 2.45) is 0 Å². The quantitative estimate of drug-likeness (QED) is 0.363. The lowest BCUT2D eigenvalue weighted by Crippen LogP contribution is -2.46. The molecule has 0 N–H and O–H groups in total. The highest BCUT2D eigenvalue weighted by Crippen LogP contribution is 2.41. The number of rotatable bonds is 6. The smallest absolute Gasteiger partial charge is 0.269 e. The first-order valence-electron chi connectivity index (χ1n) is 11.5. The number of anilines is 2. The first-order chi connectivity index (χ1) is 16.8. The maximum Gasteiger partial charge on any atom is 0.269 e. The third kappa shape index (κ3) is 4.59. The summed E-state index contributed by atoms with van der Waals surface area (Å²) in [7, 11) is 1.58. The van der Waals surface area contributed by atoms with Crippen LogP contribution in [0.5, 0.6) is 5.75 Å². The lowest BCUT2D eigenvalue weighted by Gasteiger charge is -2.40. The number of ether oxygens (including phenoxy) is 1. The van der Waals surface area contributed by atoms with Crippen LogP contribution in [-0.4, -0.2) is 36.4 Å². The SMILES string of the molecule is CCN(C(=O)[C@H]1C[C@H](C)N(C(=O)c2ccc(OC)cc2)c2ccccc21)c1ccc([N+](=O)[O-])cc1. The second-order valence-corrected chi connectivity index (χ2v) is 8.46. The molecule has 4 rings (SSSR count). The summed E-state index contributed by atoms with van der Waals surface area (Å²) in [6.07, 6.45) is 0.460. The standard InChI is InChI=1S/C27H27N3O5/c1-4-28(20-11-13-21(14-12-20)30(33)34)27(32)24-17-18(2)29(25-8-6-5-7-23(24)25)26(31)19-9-15-22(35-3)16-10-19/h5-16,18,24H,4,17H2,1-3H3/t18-,24-/m0/s1. The van der Waals surface area contributed by atoms with Gasteiger partial charge in [0.05, 0.1) is 18.0 Å². The molecule has 0 fully saturated rings. The molecule has 1 heterocycles. The van der Waals surface area contributed by atoms with Crippen LogP contribution < -0.4 is 14.5 Å². The second-order valence-electron chi connectivity index (χ2n) is 8.46. The molecule has 3 aromatic rings. The van der Waals surface area contributed by atoms with Gasteiger partial charge in [0.2, 0.25) is 5.91 Å². The number of non-ortho nitro benzene ring substituents is 1. The Morgan fingerprint density at radius 2 is 1.71 bits per heavy atom. The van der Waals surface area contributed by atoms with E-state index < -0.39 is 10.8 Å². The number of benzene rings is 3. The Bertz CT molecular complexity index is 1240. The molecular formula is C27H27N3O5. The van der Waals surface area contributed by atoms with E-state index in [-0.39, 0.29) is 23.5 Å². The molecule has 0 radical (unpaired) electrons. The van der Waals surface area contributed by atoms with Crippen molar-refractivity contribution in [1.82, 2.24) is 0 Å². The van der Waals surface area contributed by atoms with Crippen molar-refractivity contribution in [2.75, 3.05) is 23.5 Å². The molecule has 0 saturated heterocycles. The van der Waals surface area contributed by atoms with Crippen LogP contribution in [-0.2, 0) is 4.79 Å². The van der Waals surface area contributed by atoms with Gasteiger partial charge in [-0.2, -0.15) is 0 Å². The maximum absolute atomic E-state index is 13.7. The van der Waals surface area contributed by atoms with Crippen LogP contribution in [0.25, 0.3) is 0 Å². The average molecular weight is 474 g/mol. The maximum atomic E-state index is 13.7. The Morgan fingerprint density at radius 1 is 1.06 bits per heavy atom. The molecule has 35 heavy (non-hydrogen) atoms. The number of methoxy groups -OCH3 is 1. The minimum atomic E-state index is -0.463. The van der Waals surface area contributed by atoms with Gasteiger partial charge in [-0.05, 0) is 68.3 Å². The van der Waals surface area contributed by atoms with E-state index in [1.165, 1.54) is 12.1 Å². The van der Waals surface area contributed by atoms with Crippen LogP contribution in [0.4, 0.5) is 17.1 Å². The molecule has 8 nitrogen and oxygen atoms in total. The van der Waals surface area contributed by atoms with Gasteiger partial charge in [-0.3, -0.25) is 19.7 Å². The predicted molar refractivity (Wildman–Crippen MR) is 134 cm³/mol. The fourth-order valence-corrected chi connectivity index (χ4v) is 4.64. The first-order valence-corrected chi connectivity index (χ1v) is 11.5. The number of likely N-dealkylation sites (N-methyl/N-ethyl adjacent to an activating group) is 1. The molecule has 0 unspecified atom stereocenters. The van der Waals surface area contributed by atoms with E-state index in [0.29, 0.717) is 35.7 Å². The van der Waals surface area contributed by atoms with Crippen LogP contribution in [0.3, 0.4) is 0 Å². The minimum Gasteiger partial charge on any atom is -0.497 e. The molecule has 0 bridgehead atoms. The van der Waals surface area contributed by atoms with E-state index in [1.54, 1.807) is 53.3 Å². The summed E-state index contributed by atoms with van der Waals surface area (Å²) in [5.74, 6) is -0.0140. The van der Waals surface area contributed by atoms with Gasteiger partial charge < -0.3 is 14.5 Å². The summed E-state index contributed by atoms with van der Waals surface area (Å²) in [5, 5.41) is 11.0. The van der Waals surface area contributed by atoms with Crippen LogP contribution in [0.15, 0.2) is 72.8 Å². The van der Waals surface area contributed by atoms with E-state index in [2.05, 4.69) is 0 Å². The van der Waals surface area contributed by atoms with Gasteiger partial charge in [0.15, 0.2) is 0 Å². The molecule has 0 aromatic heterocycles. The minimum absolute atomic E-state index is 0.0263. The zero-order chi connectivity index (χ0) is 25.1. The molecule has 2 atom stereocenters. The number of carbonyl (C=O) groups is 2. The molecule has 2 amide bonds. The van der Waals surface area contributed by atoms with Crippen molar-refractivity contribution in [2.45, 2.75) is 32.2 Å². The number of fused-ring (bicyclic) bond motifs is 1. The molecule has 3 aromatic carbocycles. The Hall–Kier alpha value is -4.20. The van der Waals surface area contributed by atoms with Gasteiger partial charge in [0, 0.05) is 41.7 Å². The van der Waals surface area contributed by atoms with Gasteiger partial charge >= 0.3 is 0 Å². The van der Waals surface area contributed by atoms with Crippen molar-refractivity contribution in [3.8, 4) is 5.75 Å². The summed E-state index contributed by atoms with van der Waals surface area (Å²) in [6.45, 7) is 4.23. The van der Waals surface area contributed by atoms with Gasteiger partial charge in [0.1, 0.15) is 5.75 Å². The Balaban J connectivity index is 1.66. The largest absolute Gasteiger partial charge is 0.497 e. The summed E-state index contributed by atoms with van der Waals surface area (Å²) in [5.41, 5.74) is 2.62. The number of nitro benzene ring substituents is 1. The zero-order valence-electron chi connectivity index (χ0n) is 19.9. The number of hydrogen-bond acceptors (Lipinski definition) is 5. The number of hydrogen-bond donors (Lipinski definition) is 0. The van der Waals surface area contributed by atoms with Gasteiger partial charge in [-0.25, -0.2) is 0 Å². The molecule has 0 aliphatic carbocycles. The molecule has 8 heteroatoms. The fraction of sp³-hybridized carbons (Fsp3) is 0.259. The summed E-state index contributed by atoms with van der Waals surface area (Å²) in [6, 6.07) is 20.2. The van der Waals surface area contributed by atoms with Gasteiger partial charge in [0.25, 0.3) is 11.6 Å². The van der Waals surface area contributed by atoms with E-state index in [1.807, 2.05) is 38.1 Å². The van der Waals surface area contributed by atoms with E-state index in [4.69, 9.17) is 4.74 Å². The lowest BCUT2D eigenvalue weighted by molar-refractivity contribution is -0.384. The number of carbonyl (C=O) groups excluding carboxylic acids is 2. The summed E-state index contributed by atoms with van der Waals surface area (Å²) >= 11 is 0. The van der Waals surface area contributed by atoms with Gasteiger partial charge in [-0.15, -0.1) is 0 Å². The first kappa shape index (κ1) is 23.9. The average Bonchev–Trinajstić information content (AvgIpc) is 2.88. The molecule has 0 saturated carbocycles. The number of nitro groups is 1. The zero-order valence-corrected chi connectivity index (χ0v) is 19.9. The lowest BCUT2D eigenvalue weighted by atomic mass is 9.84. The monoisotopic (exact) mass is 473 g/mol. The van der Waals surface area contributed by atoms with Crippen LogP contribution >= 0.6 is 0 Å². The summed E-state index contributed by atoms with van der Waals surface area (Å²) in [4.78, 5) is 41.2. The second kappa shape index (κ2) is 9.97. The van der Waals surface area contributed by atoms with E-state index in [9.17, 15) is 19.7 Å². The number of amides is 2. The fourth-order valence-electron chi connectivity index (χ4n) is 4.64. The normalized spacial score (nSPS) is 16.8. The molecule has 1 aliphatic rings. The number of nitrogens with zero attached hydrogens (tertiary/aromatic N) is 3. The van der Waals surface area contributed by atoms with E-state index in [0.717, 1.165) is 5.56 Å². The Labute approximate surface area is 203 Å². The van der Waals surface area contributed by atoms with Crippen LogP contribution in [0.1, 0.15) is 42.1 Å². The van der Waals surface area contributed by atoms with Crippen molar-refractivity contribution >= 4 is 28.9 Å². The third-order valence-electron chi connectivity index (χ3n) is 6.40. The summed E-state index contributed by atoms with van der Waals surface area (Å²) < 4.78 is 5.20. The highest BCUT2D eigenvalue weighted by molar-refractivity contribution is 6.09. The molecule has 0 spiro atoms. The molecule has 1 aliphatic heterocycles. The number of para-hydroxylation sites is 1. The van der Waals surface area contributed by atoms with Crippen molar-refractivity contribution in [3.05, 3.63) is 94.0 Å². The predicted octanol–water partition coefficient (Wildman–Crippen LogP) is 5.18. The van der Waals surface area contributed by atoms with Crippen molar-refractivity contribution in [1.29, 1.82) is 0 Å². The van der Waals surface area contributed by atoms with E-state index >= 15 is 0 Å². The highest BCUT2D eigenvalue weighted by Gasteiger charge is 2.38. The Morgan fingerprint density at radius 3 is 2.31 bits per heavy atom. The Kier molecular flexibility index (Phi) is 6.82. The molecular weight excluding hydrogens is 446 g/mol. The van der Waals surface area contributed by atoms with Crippen molar-refractivity contribution < 1.29 is 19.2 Å². The van der Waals surface area contributed by atoms with Gasteiger partial charge in [-0.1, -0.05) is 18.2 Å². The topological polar surface area (TPSA) is 93.0 Å². The molecule has 180 valence electrons.